The van der Waals surface area contributed by atoms with Gasteiger partial charge in [-0.05, 0) is 30.9 Å². The molecule has 4 rings (SSSR count). The Bertz CT molecular complexity index is 753. The van der Waals surface area contributed by atoms with Crippen LogP contribution in [-0.4, -0.2) is 65.5 Å². The number of carbonyl (C=O) groups is 2. The molecule has 3 aliphatic heterocycles. The summed E-state index contributed by atoms with van der Waals surface area (Å²) in [5.74, 6) is 0.188. The van der Waals surface area contributed by atoms with Crippen LogP contribution in [0.2, 0.25) is 10.0 Å². The summed E-state index contributed by atoms with van der Waals surface area (Å²) < 4.78 is 0. The lowest BCUT2D eigenvalue weighted by Gasteiger charge is -2.47. The molecule has 3 aliphatic rings. The van der Waals surface area contributed by atoms with Crippen molar-refractivity contribution in [1.82, 2.24) is 15.1 Å². The van der Waals surface area contributed by atoms with Crippen molar-refractivity contribution in [2.45, 2.75) is 24.8 Å². The van der Waals surface area contributed by atoms with Crippen molar-refractivity contribution >= 4 is 35.0 Å². The van der Waals surface area contributed by atoms with Crippen molar-refractivity contribution in [3.63, 3.8) is 0 Å². The van der Waals surface area contributed by atoms with Crippen LogP contribution >= 0.6 is 23.2 Å². The Kier molecular flexibility index (Phi) is 4.75. The van der Waals surface area contributed by atoms with Crippen LogP contribution in [0.25, 0.3) is 0 Å². The van der Waals surface area contributed by atoms with Gasteiger partial charge in [0.2, 0.25) is 11.8 Å². The number of carbonyl (C=O) groups excluding carboxylic acids is 2. The molecule has 0 unspecified atom stereocenters. The monoisotopic (exact) mass is 397 g/mol. The lowest BCUT2D eigenvalue weighted by Crippen LogP contribution is -2.62. The van der Waals surface area contributed by atoms with Crippen LogP contribution in [0, 0.1) is 5.92 Å². The zero-order valence-corrected chi connectivity index (χ0v) is 15.8. The smallest absolute Gasteiger partial charge is 0.242 e. The van der Waals surface area contributed by atoms with E-state index in [1.165, 1.54) is 0 Å². The fourth-order valence-electron chi connectivity index (χ4n) is 4.22. The van der Waals surface area contributed by atoms with Crippen LogP contribution < -0.4 is 5.32 Å². The van der Waals surface area contributed by atoms with E-state index in [1.807, 2.05) is 4.90 Å². The van der Waals surface area contributed by atoms with Gasteiger partial charge in [0, 0.05) is 37.8 Å². The molecule has 0 saturated carbocycles. The highest BCUT2D eigenvalue weighted by Gasteiger charge is 2.41. The molecule has 2 atom stereocenters. The molecule has 0 aliphatic carbocycles. The summed E-state index contributed by atoms with van der Waals surface area (Å²) in [7, 11) is 0. The Morgan fingerprint density at radius 3 is 2.73 bits per heavy atom. The second-order valence-electron chi connectivity index (χ2n) is 7.33. The number of nitrogens with one attached hydrogen (secondary N) is 1. The van der Waals surface area contributed by atoms with Gasteiger partial charge in [-0.3, -0.25) is 9.59 Å². The van der Waals surface area contributed by atoms with Crippen molar-refractivity contribution in [2.75, 3.05) is 32.7 Å². The molecule has 0 radical (unpaired) electrons. The zero-order chi connectivity index (χ0) is 18.4. The van der Waals surface area contributed by atoms with E-state index in [0.29, 0.717) is 48.2 Å². The topological polar surface area (TPSA) is 72.9 Å². The molecule has 0 aromatic heterocycles. The van der Waals surface area contributed by atoms with Gasteiger partial charge in [0.1, 0.15) is 5.75 Å². The molecule has 2 amide bonds. The first-order chi connectivity index (χ1) is 12.5. The highest BCUT2D eigenvalue weighted by atomic mass is 35.5. The van der Waals surface area contributed by atoms with Crippen LogP contribution in [0.1, 0.15) is 24.3 Å². The number of hydrogen-bond acceptors (Lipinski definition) is 4. The number of phenols is 1. The van der Waals surface area contributed by atoms with E-state index in [1.54, 1.807) is 17.0 Å². The number of hydrogen-bond donors (Lipinski definition) is 2. The maximum absolute atomic E-state index is 12.5. The Balaban J connectivity index is 1.53. The summed E-state index contributed by atoms with van der Waals surface area (Å²) in [4.78, 5) is 28.6. The van der Waals surface area contributed by atoms with Crippen molar-refractivity contribution in [1.29, 1.82) is 0 Å². The Morgan fingerprint density at radius 1 is 1.27 bits per heavy atom. The Morgan fingerprint density at radius 2 is 2.04 bits per heavy atom. The number of amides is 2. The molecule has 0 spiro atoms. The molecular weight excluding hydrogens is 377 g/mol. The van der Waals surface area contributed by atoms with E-state index in [0.717, 1.165) is 6.42 Å². The highest BCUT2D eigenvalue weighted by Crippen LogP contribution is 2.43. The SMILES string of the molecule is O=C(C1CNC1)N1CC(=O)N2CC[C@@H](c3c(O)ccc(Cl)c3Cl)C[C@H]2C1. The summed E-state index contributed by atoms with van der Waals surface area (Å²) in [6.45, 7) is 2.68. The maximum Gasteiger partial charge on any atom is 0.242 e. The quantitative estimate of drug-likeness (QED) is 0.798. The van der Waals surface area contributed by atoms with Crippen LogP contribution in [0.5, 0.6) is 5.75 Å². The average molecular weight is 398 g/mol. The van der Waals surface area contributed by atoms with Gasteiger partial charge in [-0.2, -0.15) is 0 Å². The Labute approximate surface area is 162 Å². The van der Waals surface area contributed by atoms with Crippen molar-refractivity contribution in [3.8, 4) is 5.75 Å². The number of benzene rings is 1. The van der Waals surface area contributed by atoms with Crippen LogP contribution in [-0.2, 0) is 9.59 Å². The number of piperazine rings is 1. The van der Waals surface area contributed by atoms with Gasteiger partial charge in [0.15, 0.2) is 0 Å². The second-order valence-corrected chi connectivity index (χ2v) is 8.12. The van der Waals surface area contributed by atoms with Gasteiger partial charge in [0.05, 0.1) is 22.5 Å². The van der Waals surface area contributed by atoms with E-state index >= 15 is 0 Å². The molecule has 1 aromatic carbocycles. The first-order valence-corrected chi connectivity index (χ1v) is 9.67. The summed E-state index contributed by atoms with van der Waals surface area (Å²) in [5.41, 5.74) is 0.651. The fraction of sp³-hybridized carbons (Fsp3) is 0.556. The summed E-state index contributed by atoms with van der Waals surface area (Å²) in [6, 6.07) is 3.08. The molecular formula is C18H21Cl2N3O3. The normalized spacial score (nSPS) is 26.5. The molecule has 6 nitrogen and oxygen atoms in total. The molecule has 8 heteroatoms. The molecule has 26 heavy (non-hydrogen) atoms. The molecule has 3 fully saturated rings. The first-order valence-electron chi connectivity index (χ1n) is 8.91. The van der Waals surface area contributed by atoms with E-state index in [4.69, 9.17) is 23.2 Å². The standard InChI is InChI=1S/C18H21Cl2N3O3/c19-13-1-2-14(24)16(17(13)20)10-3-4-23-12(5-10)8-22(9-15(23)25)18(26)11-6-21-7-11/h1-2,10-12,21,24H,3-9H2/t10-,12+/m1/s1. The van der Waals surface area contributed by atoms with E-state index in [9.17, 15) is 14.7 Å². The van der Waals surface area contributed by atoms with Crippen molar-refractivity contribution in [2.24, 2.45) is 5.92 Å². The minimum Gasteiger partial charge on any atom is -0.508 e. The predicted octanol–water partition coefficient (Wildman–Crippen LogP) is 1.84. The third-order valence-corrected chi connectivity index (χ3v) is 6.57. The molecule has 1 aromatic rings. The zero-order valence-electron chi connectivity index (χ0n) is 14.3. The van der Waals surface area contributed by atoms with Gasteiger partial charge in [0.25, 0.3) is 0 Å². The second kappa shape index (κ2) is 6.91. The highest BCUT2D eigenvalue weighted by molar-refractivity contribution is 6.42. The molecule has 3 saturated heterocycles. The largest absolute Gasteiger partial charge is 0.508 e. The number of nitrogens with zero attached hydrogens (tertiary/aromatic N) is 2. The van der Waals surface area contributed by atoms with Gasteiger partial charge in [-0.15, -0.1) is 0 Å². The first kappa shape index (κ1) is 17.9. The number of rotatable bonds is 2. The minimum absolute atomic E-state index is 0.00162. The van der Waals surface area contributed by atoms with Gasteiger partial charge in [-0.1, -0.05) is 23.2 Å². The molecule has 2 N–H and O–H groups in total. The van der Waals surface area contributed by atoms with Gasteiger partial charge in [-0.25, -0.2) is 0 Å². The van der Waals surface area contributed by atoms with E-state index < -0.39 is 0 Å². The molecule has 0 bridgehead atoms. The maximum atomic E-state index is 12.5. The third kappa shape index (κ3) is 3.04. The van der Waals surface area contributed by atoms with Crippen molar-refractivity contribution < 1.29 is 14.7 Å². The fourth-order valence-corrected chi connectivity index (χ4v) is 4.70. The predicted molar refractivity (Wildman–Crippen MR) is 98.5 cm³/mol. The summed E-state index contributed by atoms with van der Waals surface area (Å²) in [6.07, 6.45) is 1.38. The summed E-state index contributed by atoms with van der Waals surface area (Å²) in [5, 5.41) is 14.2. The van der Waals surface area contributed by atoms with E-state index in [-0.39, 0.29) is 42.0 Å². The van der Waals surface area contributed by atoms with Crippen LogP contribution in [0.4, 0.5) is 0 Å². The van der Waals surface area contributed by atoms with Crippen LogP contribution in [0.3, 0.4) is 0 Å². The Hall–Kier alpha value is -1.50. The number of aromatic hydroxyl groups is 1. The lowest BCUT2D eigenvalue weighted by atomic mass is 9.83. The van der Waals surface area contributed by atoms with Gasteiger partial charge < -0.3 is 20.2 Å². The van der Waals surface area contributed by atoms with E-state index in [2.05, 4.69) is 5.32 Å². The molecule has 3 heterocycles. The van der Waals surface area contributed by atoms with Gasteiger partial charge >= 0.3 is 0 Å². The average Bonchev–Trinajstić information content (AvgIpc) is 2.56. The summed E-state index contributed by atoms with van der Waals surface area (Å²) >= 11 is 12.5. The number of halogens is 2. The minimum atomic E-state index is -0.0542. The molecule has 140 valence electrons. The lowest BCUT2D eigenvalue weighted by molar-refractivity contribution is -0.153. The van der Waals surface area contributed by atoms with Crippen molar-refractivity contribution in [3.05, 3.63) is 27.7 Å². The van der Waals surface area contributed by atoms with Crippen LogP contribution in [0.15, 0.2) is 12.1 Å². The number of piperidine rings is 1. The number of fused-ring (bicyclic) bond motifs is 1. The third-order valence-electron chi connectivity index (χ3n) is 5.75. The number of phenolic OH excluding ortho intramolecular Hbond substituents is 1.